The van der Waals surface area contributed by atoms with Gasteiger partial charge in [0.2, 0.25) is 5.91 Å². The molecule has 4 nitrogen and oxygen atoms in total. The smallest absolute Gasteiger partial charge is 0.249 e. The highest BCUT2D eigenvalue weighted by molar-refractivity contribution is 7.16. The average molecular weight is 348 g/mol. The monoisotopic (exact) mass is 348 g/mol. The van der Waals surface area contributed by atoms with Crippen LogP contribution in [-0.2, 0) is 4.79 Å². The van der Waals surface area contributed by atoms with Crippen molar-refractivity contribution in [2.75, 3.05) is 5.32 Å². The summed E-state index contributed by atoms with van der Waals surface area (Å²) in [7, 11) is 0. The van der Waals surface area contributed by atoms with Gasteiger partial charge in [-0.25, -0.2) is 0 Å². The molecule has 0 unspecified atom stereocenters. The molecule has 0 saturated carbocycles. The molecule has 1 N–H and O–H groups in total. The predicted molar refractivity (Wildman–Crippen MR) is 100 cm³/mol. The first-order valence-electron chi connectivity index (χ1n) is 7.73. The lowest BCUT2D eigenvalue weighted by Gasteiger charge is -1.98. The third kappa shape index (κ3) is 3.70. The van der Waals surface area contributed by atoms with E-state index in [1.807, 2.05) is 56.3 Å². The first-order chi connectivity index (χ1) is 12.1. The molecule has 3 aromatic rings. The number of hydrogen-bond acceptors (Lipinski definition) is 4. The molecule has 0 atom stereocenters. The largest absolute Gasteiger partial charge is 0.457 e. The summed E-state index contributed by atoms with van der Waals surface area (Å²) in [6.45, 7) is 3.81. The summed E-state index contributed by atoms with van der Waals surface area (Å²) in [4.78, 5) is 13.1. The van der Waals surface area contributed by atoms with Gasteiger partial charge in [0.1, 0.15) is 22.6 Å². The number of nitrogens with zero attached hydrogens (tertiary/aromatic N) is 1. The Bertz CT molecular complexity index is 975. The maximum absolute atomic E-state index is 12.1. The number of hydrogen-bond donors (Lipinski definition) is 1. The minimum Gasteiger partial charge on any atom is -0.457 e. The summed E-state index contributed by atoms with van der Waals surface area (Å²) in [5.41, 5.74) is 2.41. The van der Waals surface area contributed by atoms with Gasteiger partial charge in [-0.2, -0.15) is 5.26 Å². The second kappa shape index (κ2) is 7.20. The number of anilines is 1. The predicted octanol–water partition coefficient (Wildman–Crippen LogP) is 5.15. The van der Waals surface area contributed by atoms with Crippen LogP contribution in [0, 0.1) is 25.2 Å². The topological polar surface area (TPSA) is 66.0 Å². The van der Waals surface area contributed by atoms with Crippen molar-refractivity contribution < 1.29 is 9.21 Å². The maximum Gasteiger partial charge on any atom is 0.249 e. The second-order valence-electron chi connectivity index (χ2n) is 5.49. The Kier molecular flexibility index (Phi) is 4.82. The molecule has 0 saturated heterocycles. The number of carbonyl (C=O) groups excluding carboxylic acids is 1. The van der Waals surface area contributed by atoms with Crippen LogP contribution in [0.2, 0.25) is 0 Å². The molecule has 0 aliphatic heterocycles. The standard InChI is InChI=1S/C20H16N2O2S/c1-13-14(2)25-20(17(13)12-21)22-19(23)11-9-16-8-10-18(24-16)15-6-4-3-5-7-15/h3-11H,1-2H3,(H,22,23)/b11-9+. The van der Waals surface area contributed by atoms with Crippen LogP contribution in [0.3, 0.4) is 0 Å². The van der Waals surface area contributed by atoms with Gasteiger partial charge in [-0.3, -0.25) is 4.79 Å². The normalized spacial score (nSPS) is 10.8. The summed E-state index contributed by atoms with van der Waals surface area (Å²) in [6.07, 6.45) is 3.01. The minimum absolute atomic E-state index is 0.296. The van der Waals surface area contributed by atoms with Gasteiger partial charge in [0.05, 0.1) is 5.56 Å². The van der Waals surface area contributed by atoms with Crippen molar-refractivity contribution in [3.8, 4) is 17.4 Å². The number of aryl methyl sites for hydroxylation is 1. The van der Waals surface area contributed by atoms with Gasteiger partial charge in [-0.05, 0) is 37.6 Å². The fourth-order valence-electron chi connectivity index (χ4n) is 2.36. The zero-order valence-corrected chi connectivity index (χ0v) is 14.7. The highest BCUT2D eigenvalue weighted by Gasteiger charge is 2.13. The van der Waals surface area contributed by atoms with E-state index in [1.165, 1.54) is 17.4 Å². The van der Waals surface area contributed by atoms with Gasteiger partial charge in [-0.1, -0.05) is 30.3 Å². The van der Waals surface area contributed by atoms with Gasteiger partial charge >= 0.3 is 0 Å². The molecule has 3 rings (SSSR count). The highest BCUT2D eigenvalue weighted by atomic mass is 32.1. The Hall–Kier alpha value is -3.10. The minimum atomic E-state index is -0.296. The summed E-state index contributed by atoms with van der Waals surface area (Å²) < 4.78 is 5.72. The van der Waals surface area contributed by atoms with Crippen LogP contribution in [0.4, 0.5) is 5.00 Å². The molecule has 0 spiro atoms. The summed E-state index contributed by atoms with van der Waals surface area (Å²) in [6, 6.07) is 15.6. The Morgan fingerprint density at radius 3 is 2.68 bits per heavy atom. The van der Waals surface area contributed by atoms with Crippen molar-refractivity contribution in [3.05, 3.63) is 70.3 Å². The maximum atomic E-state index is 12.1. The van der Waals surface area contributed by atoms with Crippen LogP contribution in [0.15, 0.2) is 53.0 Å². The van der Waals surface area contributed by atoms with Crippen molar-refractivity contribution in [2.24, 2.45) is 0 Å². The van der Waals surface area contributed by atoms with E-state index in [2.05, 4.69) is 11.4 Å². The molecule has 0 radical (unpaired) electrons. The molecule has 1 amide bonds. The van der Waals surface area contributed by atoms with Crippen LogP contribution >= 0.6 is 11.3 Å². The first kappa shape index (κ1) is 16.7. The fraction of sp³-hybridized carbons (Fsp3) is 0.100. The van der Waals surface area contributed by atoms with E-state index in [0.717, 1.165) is 21.8 Å². The SMILES string of the molecule is Cc1sc(NC(=O)/C=C/c2ccc(-c3ccccc3)o2)c(C#N)c1C. The lowest BCUT2D eigenvalue weighted by molar-refractivity contribution is -0.111. The number of thiophene rings is 1. The van der Waals surface area contributed by atoms with Crippen LogP contribution in [0.5, 0.6) is 0 Å². The number of nitrogens with one attached hydrogen (secondary N) is 1. The fourth-order valence-corrected chi connectivity index (χ4v) is 3.37. The van der Waals surface area contributed by atoms with Crippen LogP contribution in [-0.4, -0.2) is 5.91 Å². The first-order valence-corrected chi connectivity index (χ1v) is 8.54. The number of benzene rings is 1. The van der Waals surface area contributed by atoms with Crippen LogP contribution < -0.4 is 5.32 Å². The Morgan fingerprint density at radius 2 is 1.96 bits per heavy atom. The van der Waals surface area contributed by atoms with E-state index in [0.29, 0.717) is 16.3 Å². The summed E-state index contributed by atoms with van der Waals surface area (Å²) in [5.74, 6) is 1.04. The molecule has 2 aromatic heterocycles. The molecule has 0 aliphatic carbocycles. The average Bonchev–Trinajstić information content (AvgIpc) is 3.19. The number of amides is 1. The van der Waals surface area contributed by atoms with Gasteiger partial charge < -0.3 is 9.73 Å². The molecule has 1 aromatic carbocycles. The van der Waals surface area contributed by atoms with Crippen LogP contribution in [0.1, 0.15) is 21.8 Å². The molecule has 0 bridgehead atoms. The Balaban J connectivity index is 1.71. The quantitative estimate of drug-likeness (QED) is 0.663. The Labute approximate surface area is 150 Å². The van der Waals surface area contributed by atoms with Crippen molar-refractivity contribution in [3.63, 3.8) is 0 Å². The van der Waals surface area contributed by atoms with Crippen molar-refractivity contribution >= 4 is 28.3 Å². The van der Waals surface area contributed by atoms with E-state index in [1.54, 1.807) is 6.08 Å². The molecular formula is C20H16N2O2S. The third-order valence-corrected chi connectivity index (χ3v) is 4.94. The van der Waals surface area contributed by atoms with Gasteiger partial charge in [0, 0.05) is 16.5 Å². The van der Waals surface area contributed by atoms with E-state index in [9.17, 15) is 10.1 Å². The van der Waals surface area contributed by atoms with E-state index in [-0.39, 0.29) is 5.91 Å². The number of carbonyl (C=O) groups is 1. The van der Waals surface area contributed by atoms with E-state index in [4.69, 9.17) is 4.42 Å². The Morgan fingerprint density at radius 1 is 1.20 bits per heavy atom. The van der Waals surface area contributed by atoms with Gasteiger partial charge in [0.25, 0.3) is 0 Å². The summed E-state index contributed by atoms with van der Waals surface area (Å²) >= 11 is 1.41. The zero-order valence-electron chi connectivity index (χ0n) is 13.9. The number of nitriles is 1. The van der Waals surface area contributed by atoms with E-state index >= 15 is 0 Å². The van der Waals surface area contributed by atoms with Gasteiger partial charge in [0.15, 0.2) is 0 Å². The lowest BCUT2D eigenvalue weighted by atomic mass is 10.2. The van der Waals surface area contributed by atoms with Crippen molar-refractivity contribution in [1.82, 2.24) is 0 Å². The number of furan rings is 1. The van der Waals surface area contributed by atoms with E-state index < -0.39 is 0 Å². The molecule has 25 heavy (non-hydrogen) atoms. The molecule has 0 aliphatic rings. The molecule has 124 valence electrons. The molecular weight excluding hydrogens is 332 g/mol. The zero-order chi connectivity index (χ0) is 17.8. The number of rotatable bonds is 4. The van der Waals surface area contributed by atoms with Crippen molar-refractivity contribution in [2.45, 2.75) is 13.8 Å². The summed E-state index contributed by atoms with van der Waals surface area (Å²) in [5, 5.41) is 12.6. The van der Waals surface area contributed by atoms with Crippen molar-refractivity contribution in [1.29, 1.82) is 5.26 Å². The second-order valence-corrected chi connectivity index (χ2v) is 6.71. The third-order valence-electron chi connectivity index (χ3n) is 3.82. The highest BCUT2D eigenvalue weighted by Crippen LogP contribution is 2.31. The molecule has 5 heteroatoms. The van der Waals surface area contributed by atoms with Gasteiger partial charge in [-0.15, -0.1) is 11.3 Å². The van der Waals surface area contributed by atoms with Crippen LogP contribution in [0.25, 0.3) is 17.4 Å². The molecule has 0 fully saturated rings. The molecule has 2 heterocycles. The lowest BCUT2D eigenvalue weighted by Crippen LogP contribution is -2.07.